The van der Waals surface area contributed by atoms with E-state index in [-0.39, 0.29) is 5.91 Å². The number of carbonyl (C=O) groups is 1. The first-order valence-electron chi connectivity index (χ1n) is 12.8. The molecule has 0 radical (unpaired) electrons. The summed E-state index contributed by atoms with van der Waals surface area (Å²) >= 11 is 6.50. The Labute approximate surface area is 224 Å². The molecule has 5 aromatic rings. The molecule has 2 aliphatic rings. The average Bonchev–Trinajstić information content (AvgIpc) is 3.59. The van der Waals surface area contributed by atoms with Gasteiger partial charge in [0.25, 0.3) is 5.91 Å². The molecular formula is C30H25ClN4O3. The van der Waals surface area contributed by atoms with E-state index in [1.165, 1.54) is 0 Å². The number of likely N-dealkylation sites (tertiary alicyclic amines) is 1. The zero-order valence-electron chi connectivity index (χ0n) is 20.5. The highest BCUT2D eigenvalue weighted by molar-refractivity contribution is 6.31. The van der Waals surface area contributed by atoms with Crippen LogP contribution in [0.25, 0.3) is 33.1 Å². The predicted molar refractivity (Wildman–Crippen MR) is 146 cm³/mol. The fourth-order valence-electron chi connectivity index (χ4n) is 5.94. The van der Waals surface area contributed by atoms with Gasteiger partial charge >= 0.3 is 0 Å². The van der Waals surface area contributed by atoms with Crippen LogP contribution in [0.3, 0.4) is 0 Å². The first-order chi connectivity index (χ1) is 18.5. The van der Waals surface area contributed by atoms with Crippen LogP contribution < -0.4 is 4.74 Å². The molecule has 3 aromatic heterocycles. The molecule has 5 heterocycles. The summed E-state index contributed by atoms with van der Waals surface area (Å²) in [5, 5.41) is 14.1. The number of hydrogen-bond donors (Lipinski definition) is 2. The van der Waals surface area contributed by atoms with Crippen molar-refractivity contribution in [2.75, 3.05) is 13.1 Å². The van der Waals surface area contributed by atoms with Gasteiger partial charge in [0.05, 0.1) is 11.1 Å². The molecule has 2 aromatic carbocycles. The van der Waals surface area contributed by atoms with E-state index in [2.05, 4.69) is 15.0 Å². The van der Waals surface area contributed by atoms with Crippen LogP contribution in [0.2, 0.25) is 5.02 Å². The van der Waals surface area contributed by atoms with Crippen molar-refractivity contribution in [1.29, 1.82) is 0 Å². The fourth-order valence-corrected chi connectivity index (χ4v) is 6.18. The van der Waals surface area contributed by atoms with Gasteiger partial charge in [-0.2, -0.15) is 0 Å². The van der Waals surface area contributed by atoms with E-state index in [1.54, 1.807) is 12.4 Å². The Morgan fingerprint density at radius 2 is 1.89 bits per heavy atom. The van der Waals surface area contributed by atoms with Gasteiger partial charge < -0.3 is 19.7 Å². The van der Waals surface area contributed by atoms with Gasteiger partial charge in [0.2, 0.25) is 0 Å². The fraction of sp³-hybridized carbons (Fsp3) is 0.233. The summed E-state index contributed by atoms with van der Waals surface area (Å²) in [5.41, 5.74) is 4.22. The highest BCUT2D eigenvalue weighted by Gasteiger charge is 2.40. The molecule has 1 fully saturated rings. The first-order valence-corrected chi connectivity index (χ1v) is 13.1. The molecule has 1 amide bonds. The van der Waals surface area contributed by atoms with Gasteiger partial charge in [0.15, 0.2) is 6.10 Å². The number of aromatic amines is 1. The van der Waals surface area contributed by atoms with Crippen molar-refractivity contribution < 1.29 is 14.6 Å². The lowest BCUT2D eigenvalue weighted by molar-refractivity contribution is -0.142. The Morgan fingerprint density at radius 1 is 1.03 bits per heavy atom. The normalized spacial score (nSPS) is 18.5. The molecule has 0 aliphatic carbocycles. The molecule has 1 saturated heterocycles. The number of ether oxygens (including phenoxy) is 1. The molecule has 0 unspecified atom stereocenters. The maximum absolute atomic E-state index is 13.6. The second-order valence-corrected chi connectivity index (χ2v) is 10.5. The van der Waals surface area contributed by atoms with E-state index < -0.39 is 11.7 Å². The van der Waals surface area contributed by atoms with E-state index in [9.17, 15) is 9.90 Å². The van der Waals surface area contributed by atoms with Crippen LogP contribution in [0.15, 0.2) is 73.2 Å². The Bertz CT molecular complexity index is 1700. The summed E-state index contributed by atoms with van der Waals surface area (Å²) in [5.74, 6) is 0.629. The molecule has 7 nitrogen and oxygen atoms in total. The van der Waals surface area contributed by atoms with Crippen molar-refractivity contribution in [2.24, 2.45) is 0 Å². The number of H-pyrrole nitrogens is 1. The number of rotatable bonds is 3. The lowest BCUT2D eigenvalue weighted by Crippen LogP contribution is -2.49. The zero-order chi connectivity index (χ0) is 25.9. The number of aromatic nitrogens is 3. The minimum Gasteiger partial charge on any atom is -0.479 e. The molecule has 7 rings (SSSR count). The van der Waals surface area contributed by atoms with Crippen molar-refractivity contribution in [2.45, 2.75) is 31.0 Å². The molecule has 38 heavy (non-hydrogen) atoms. The minimum atomic E-state index is -1.01. The zero-order valence-corrected chi connectivity index (χ0v) is 21.3. The molecule has 2 N–H and O–H groups in total. The molecule has 8 heteroatoms. The van der Waals surface area contributed by atoms with Crippen LogP contribution in [0.4, 0.5) is 0 Å². The van der Waals surface area contributed by atoms with Crippen molar-refractivity contribution in [3.8, 4) is 16.9 Å². The van der Waals surface area contributed by atoms with E-state index >= 15 is 0 Å². The van der Waals surface area contributed by atoms with Gasteiger partial charge in [-0.05, 0) is 60.4 Å². The van der Waals surface area contributed by atoms with Crippen LogP contribution in [0.1, 0.15) is 24.0 Å². The number of halogens is 1. The number of amides is 1. The number of piperidine rings is 1. The largest absolute Gasteiger partial charge is 0.479 e. The summed E-state index contributed by atoms with van der Waals surface area (Å²) in [6, 6.07) is 17.4. The van der Waals surface area contributed by atoms with Gasteiger partial charge in [-0.15, -0.1) is 0 Å². The number of benzene rings is 2. The predicted octanol–water partition coefficient (Wildman–Crippen LogP) is 5.25. The molecule has 0 saturated carbocycles. The van der Waals surface area contributed by atoms with Crippen LogP contribution >= 0.6 is 11.6 Å². The Kier molecular flexibility index (Phi) is 5.39. The van der Waals surface area contributed by atoms with E-state index in [1.807, 2.05) is 65.7 Å². The van der Waals surface area contributed by atoms with Crippen molar-refractivity contribution in [3.63, 3.8) is 0 Å². The van der Waals surface area contributed by atoms with E-state index in [4.69, 9.17) is 16.3 Å². The lowest BCUT2D eigenvalue weighted by atomic mass is 9.82. The molecule has 0 spiro atoms. The third-order valence-corrected chi connectivity index (χ3v) is 8.09. The Morgan fingerprint density at radius 3 is 2.76 bits per heavy atom. The number of aliphatic hydroxyl groups is 1. The summed E-state index contributed by atoms with van der Waals surface area (Å²) in [6.07, 6.45) is 6.09. The second-order valence-electron chi connectivity index (χ2n) is 10.1. The monoisotopic (exact) mass is 524 g/mol. The number of fused-ring (bicyclic) bond motifs is 3. The highest BCUT2D eigenvalue weighted by Crippen LogP contribution is 2.44. The third kappa shape index (κ3) is 3.73. The van der Waals surface area contributed by atoms with Crippen LogP contribution in [-0.2, 0) is 16.8 Å². The summed E-state index contributed by atoms with van der Waals surface area (Å²) in [6.45, 7) is 0.897. The summed E-state index contributed by atoms with van der Waals surface area (Å²) in [7, 11) is 0. The summed E-state index contributed by atoms with van der Waals surface area (Å²) in [4.78, 5) is 27.4. The molecule has 1 atom stereocenters. The summed E-state index contributed by atoms with van der Waals surface area (Å²) < 4.78 is 6.33. The van der Waals surface area contributed by atoms with Crippen molar-refractivity contribution in [1.82, 2.24) is 19.9 Å². The van der Waals surface area contributed by atoms with Crippen LogP contribution in [0.5, 0.6) is 5.75 Å². The third-order valence-electron chi connectivity index (χ3n) is 7.87. The van der Waals surface area contributed by atoms with Crippen molar-refractivity contribution in [3.05, 3.63) is 89.3 Å². The SMILES string of the molecule is O=C([C@H]1Cc2cc(Cl)cc(-c3ccnc4[nH]ccc34)c2O1)N1CCC(O)(c2cccc3ncccc23)CC1. The maximum atomic E-state index is 13.6. The topological polar surface area (TPSA) is 91.3 Å². The minimum absolute atomic E-state index is 0.0635. The number of pyridine rings is 2. The van der Waals surface area contributed by atoms with Gasteiger partial charge in [-0.1, -0.05) is 29.8 Å². The molecule has 190 valence electrons. The van der Waals surface area contributed by atoms with E-state index in [0.717, 1.165) is 44.2 Å². The van der Waals surface area contributed by atoms with Crippen LogP contribution in [-0.4, -0.2) is 50.1 Å². The standard InChI is InChI=1S/C30H25ClN4O3/c31-19-15-18-16-26(38-27(18)23(17-19)20-6-11-33-28-21(20)7-12-34-28)29(36)35-13-8-30(37,9-14-35)24-4-1-5-25-22(24)3-2-10-32-25/h1-7,10-12,15,17,26,37H,8-9,13-14,16H2,(H,33,34)/t26-/m1/s1. The highest BCUT2D eigenvalue weighted by atomic mass is 35.5. The molecule has 0 bridgehead atoms. The van der Waals surface area contributed by atoms with Gasteiger partial charge in [0, 0.05) is 65.0 Å². The molecule has 2 aliphatic heterocycles. The Hall–Kier alpha value is -3.94. The van der Waals surface area contributed by atoms with Crippen LogP contribution in [0, 0.1) is 0 Å². The number of nitrogens with one attached hydrogen (secondary N) is 1. The maximum Gasteiger partial charge on any atom is 0.263 e. The van der Waals surface area contributed by atoms with Crippen molar-refractivity contribution >= 4 is 39.4 Å². The number of hydrogen-bond acceptors (Lipinski definition) is 5. The molecular weight excluding hydrogens is 500 g/mol. The average molecular weight is 525 g/mol. The quantitative estimate of drug-likeness (QED) is 0.336. The van der Waals surface area contributed by atoms with E-state index in [0.29, 0.717) is 43.1 Å². The van der Waals surface area contributed by atoms with Gasteiger partial charge in [0.1, 0.15) is 11.4 Å². The van der Waals surface area contributed by atoms with Gasteiger partial charge in [-0.3, -0.25) is 9.78 Å². The van der Waals surface area contributed by atoms with Gasteiger partial charge in [-0.25, -0.2) is 4.98 Å². The smallest absolute Gasteiger partial charge is 0.263 e. The Balaban J connectivity index is 1.12. The number of carbonyl (C=O) groups excluding carboxylic acids is 1. The second kappa shape index (κ2) is 8.82. The first kappa shape index (κ1) is 23.2. The lowest BCUT2D eigenvalue weighted by Gasteiger charge is -2.39. The number of nitrogens with zero attached hydrogens (tertiary/aromatic N) is 3.